The topological polar surface area (TPSA) is 98.7 Å². The van der Waals surface area contributed by atoms with E-state index in [1.54, 1.807) is 12.1 Å². The Labute approximate surface area is 133 Å². The molecule has 2 aromatic rings. The second-order valence-corrected chi connectivity index (χ2v) is 4.71. The van der Waals surface area contributed by atoms with E-state index in [1.807, 2.05) is 30.3 Å². The number of hydrogen-bond donors (Lipinski definition) is 4. The van der Waals surface area contributed by atoms with E-state index in [0.29, 0.717) is 6.54 Å². The fourth-order valence-corrected chi connectivity index (χ4v) is 1.91. The molecule has 0 saturated heterocycles. The zero-order valence-electron chi connectivity index (χ0n) is 12.2. The van der Waals surface area contributed by atoms with Gasteiger partial charge < -0.3 is 20.8 Å². The number of carbonyl (C=O) groups is 2. The number of amides is 1. The highest BCUT2D eigenvalue weighted by molar-refractivity contribution is 6.04. The molecule has 0 aliphatic heterocycles. The van der Waals surface area contributed by atoms with Crippen molar-refractivity contribution in [3.05, 3.63) is 77.7 Å². The monoisotopic (exact) mass is 312 g/mol. The number of benzene rings is 2. The van der Waals surface area contributed by atoms with E-state index in [-0.39, 0.29) is 17.1 Å². The van der Waals surface area contributed by atoms with Crippen LogP contribution in [0.15, 0.2) is 66.6 Å². The van der Waals surface area contributed by atoms with Crippen molar-refractivity contribution < 1.29 is 19.8 Å². The first kappa shape index (κ1) is 16.1. The molecule has 2 rings (SSSR count). The van der Waals surface area contributed by atoms with Gasteiger partial charge in [-0.3, -0.25) is 4.79 Å². The van der Waals surface area contributed by atoms with Gasteiger partial charge in [0.05, 0.1) is 17.3 Å². The maximum atomic E-state index is 11.8. The smallest absolute Gasteiger partial charge is 0.337 e. The van der Waals surface area contributed by atoms with Gasteiger partial charge in [-0.15, -0.1) is 0 Å². The number of aliphatic hydroxyl groups is 1. The first-order valence-electron chi connectivity index (χ1n) is 6.88. The van der Waals surface area contributed by atoms with Crippen LogP contribution in [0.25, 0.3) is 0 Å². The summed E-state index contributed by atoms with van der Waals surface area (Å²) >= 11 is 0. The molecule has 6 nitrogen and oxygen atoms in total. The van der Waals surface area contributed by atoms with Gasteiger partial charge in [-0.2, -0.15) is 0 Å². The van der Waals surface area contributed by atoms with E-state index in [9.17, 15) is 14.7 Å². The summed E-state index contributed by atoms with van der Waals surface area (Å²) in [5.41, 5.74) is 1.09. The molecule has 0 atom stereocenters. The van der Waals surface area contributed by atoms with Gasteiger partial charge in [0.25, 0.3) is 5.91 Å². The van der Waals surface area contributed by atoms with Gasteiger partial charge in [-0.05, 0) is 17.7 Å². The number of rotatable bonds is 6. The molecule has 0 bridgehead atoms. The van der Waals surface area contributed by atoms with Gasteiger partial charge >= 0.3 is 5.97 Å². The largest absolute Gasteiger partial charge is 0.495 e. The molecule has 2 aromatic carbocycles. The van der Waals surface area contributed by atoms with Crippen LogP contribution < -0.4 is 10.6 Å². The number of hydrogen-bond acceptors (Lipinski definition) is 4. The Morgan fingerprint density at radius 3 is 2.30 bits per heavy atom. The molecule has 0 radical (unpaired) electrons. The number of carbonyl (C=O) groups excluding carboxylic acids is 1. The number of aromatic carboxylic acids is 1. The lowest BCUT2D eigenvalue weighted by Gasteiger charge is -2.07. The normalized spacial score (nSPS) is 10.9. The minimum absolute atomic E-state index is 0.0222. The molecule has 0 aliphatic carbocycles. The lowest BCUT2D eigenvalue weighted by molar-refractivity contribution is -0.112. The van der Waals surface area contributed by atoms with Gasteiger partial charge in [-0.1, -0.05) is 42.5 Å². The maximum Gasteiger partial charge on any atom is 0.337 e. The van der Waals surface area contributed by atoms with Crippen molar-refractivity contribution in [1.29, 1.82) is 0 Å². The van der Waals surface area contributed by atoms with E-state index in [0.717, 1.165) is 11.6 Å². The van der Waals surface area contributed by atoms with E-state index in [1.165, 1.54) is 12.1 Å². The summed E-state index contributed by atoms with van der Waals surface area (Å²) in [6.07, 6.45) is 0.960. The van der Waals surface area contributed by atoms with E-state index >= 15 is 0 Å². The lowest BCUT2D eigenvalue weighted by Crippen LogP contribution is -2.17. The molecular formula is C17H16N2O4. The molecule has 0 unspecified atom stereocenters. The fourth-order valence-electron chi connectivity index (χ4n) is 1.91. The number of carboxylic acids is 1. The Balaban J connectivity index is 1.97. The highest BCUT2D eigenvalue weighted by Gasteiger charge is 2.11. The van der Waals surface area contributed by atoms with Crippen LogP contribution >= 0.6 is 0 Å². The fraction of sp³-hybridized carbons (Fsp3) is 0.0588. The summed E-state index contributed by atoms with van der Waals surface area (Å²) < 4.78 is 0. The summed E-state index contributed by atoms with van der Waals surface area (Å²) in [5, 5.41) is 23.9. The average molecular weight is 312 g/mol. The third-order valence-corrected chi connectivity index (χ3v) is 3.00. The zero-order chi connectivity index (χ0) is 16.7. The van der Waals surface area contributed by atoms with Crippen molar-refractivity contribution in [2.24, 2.45) is 0 Å². The van der Waals surface area contributed by atoms with Crippen molar-refractivity contribution in [1.82, 2.24) is 5.32 Å². The molecule has 0 aromatic heterocycles. The molecule has 4 N–H and O–H groups in total. The van der Waals surface area contributed by atoms with E-state index < -0.39 is 11.9 Å². The zero-order valence-corrected chi connectivity index (χ0v) is 12.2. The maximum absolute atomic E-state index is 11.8. The third-order valence-electron chi connectivity index (χ3n) is 3.00. The van der Waals surface area contributed by atoms with Gasteiger partial charge in [0.1, 0.15) is 0 Å². The van der Waals surface area contributed by atoms with Crippen molar-refractivity contribution in [3.63, 3.8) is 0 Å². The van der Waals surface area contributed by atoms with Crippen LogP contribution in [0.5, 0.6) is 0 Å². The molecule has 0 spiro atoms. The van der Waals surface area contributed by atoms with E-state index in [2.05, 4.69) is 10.6 Å². The minimum Gasteiger partial charge on any atom is -0.495 e. The molecule has 1 amide bonds. The molecule has 0 saturated carbocycles. The summed E-state index contributed by atoms with van der Waals surface area (Å²) in [5.74, 6) is -2.08. The molecule has 0 fully saturated rings. The van der Waals surface area contributed by atoms with Crippen LogP contribution in [0.2, 0.25) is 0 Å². The Hall–Kier alpha value is -3.28. The van der Waals surface area contributed by atoms with Crippen molar-refractivity contribution >= 4 is 17.6 Å². The number of anilines is 1. The molecule has 118 valence electrons. The lowest BCUT2D eigenvalue weighted by atomic mass is 10.2. The van der Waals surface area contributed by atoms with Crippen LogP contribution in [-0.2, 0) is 11.3 Å². The third kappa shape index (κ3) is 4.89. The van der Waals surface area contributed by atoms with Gasteiger partial charge in [0.15, 0.2) is 5.88 Å². The quantitative estimate of drug-likeness (QED) is 0.485. The number of carboxylic acid groups (broad SMARTS) is 1. The Kier molecular flexibility index (Phi) is 5.35. The minimum atomic E-state index is -1.14. The van der Waals surface area contributed by atoms with E-state index in [4.69, 9.17) is 5.11 Å². The second kappa shape index (κ2) is 7.65. The predicted molar refractivity (Wildman–Crippen MR) is 86.0 cm³/mol. The van der Waals surface area contributed by atoms with Crippen LogP contribution in [0.4, 0.5) is 5.69 Å². The molecular weight excluding hydrogens is 296 g/mol. The number of nitrogens with one attached hydrogen (secondary N) is 2. The Bertz CT molecular complexity index is 726. The number of para-hydroxylation sites is 1. The SMILES string of the molecule is O=C(/C=C(/O)NCc1ccccc1)Nc1ccccc1C(=O)O. The molecule has 0 heterocycles. The molecule has 0 aliphatic rings. The van der Waals surface area contributed by atoms with Gasteiger partial charge in [-0.25, -0.2) is 4.79 Å². The highest BCUT2D eigenvalue weighted by atomic mass is 16.4. The van der Waals surface area contributed by atoms with Crippen LogP contribution in [0.1, 0.15) is 15.9 Å². The summed E-state index contributed by atoms with van der Waals surface area (Å²) in [7, 11) is 0. The first-order valence-corrected chi connectivity index (χ1v) is 6.88. The standard InChI is InChI=1S/C17H16N2O4/c20-15(18-11-12-6-2-1-3-7-12)10-16(21)19-14-9-5-4-8-13(14)17(22)23/h1-10,18,20H,11H2,(H,19,21)(H,22,23)/b15-10+. The molecule has 23 heavy (non-hydrogen) atoms. The van der Waals surface area contributed by atoms with Crippen LogP contribution in [0.3, 0.4) is 0 Å². The van der Waals surface area contributed by atoms with Gasteiger partial charge in [0, 0.05) is 6.54 Å². The summed E-state index contributed by atoms with van der Waals surface area (Å²) in [6.45, 7) is 0.363. The Morgan fingerprint density at radius 1 is 0.957 bits per heavy atom. The van der Waals surface area contributed by atoms with Crippen molar-refractivity contribution in [3.8, 4) is 0 Å². The predicted octanol–water partition coefficient (Wildman–Crippen LogP) is 2.51. The highest BCUT2D eigenvalue weighted by Crippen LogP contribution is 2.14. The first-order chi connectivity index (χ1) is 11.1. The van der Waals surface area contributed by atoms with Crippen LogP contribution in [0, 0.1) is 0 Å². The van der Waals surface area contributed by atoms with Crippen molar-refractivity contribution in [2.75, 3.05) is 5.32 Å². The summed E-state index contributed by atoms with van der Waals surface area (Å²) in [4.78, 5) is 22.9. The average Bonchev–Trinajstić information content (AvgIpc) is 2.54. The van der Waals surface area contributed by atoms with Crippen molar-refractivity contribution in [2.45, 2.75) is 6.54 Å². The number of aliphatic hydroxyl groups excluding tert-OH is 1. The second-order valence-electron chi connectivity index (χ2n) is 4.71. The Morgan fingerprint density at radius 2 is 1.61 bits per heavy atom. The van der Waals surface area contributed by atoms with Gasteiger partial charge in [0.2, 0.25) is 0 Å². The molecule has 6 heteroatoms. The van der Waals surface area contributed by atoms with Crippen LogP contribution in [-0.4, -0.2) is 22.1 Å². The summed E-state index contributed by atoms with van der Waals surface area (Å²) in [6, 6.07) is 15.4.